The summed E-state index contributed by atoms with van der Waals surface area (Å²) in [7, 11) is 1.78. The van der Waals surface area contributed by atoms with Crippen LogP contribution in [0.5, 0.6) is 0 Å². The average Bonchev–Trinajstić information content (AvgIpc) is 2.54. The van der Waals surface area contributed by atoms with E-state index in [0.717, 1.165) is 16.3 Å². The first kappa shape index (κ1) is 20.3. The molecular weight excluding hydrogens is 322 g/mol. The van der Waals surface area contributed by atoms with Crippen molar-refractivity contribution in [2.45, 2.75) is 18.7 Å². The van der Waals surface area contributed by atoms with Crippen molar-refractivity contribution in [2.75, 3.05) is 44.3 Å². The van der Waals surface area contributed by atoms with Crippen molar-refractivity contribution in [2.24, 2.45) is 0 Å². The van der Waals surface area contributed by atoms with Gasteiger partial charge in [-0.3, -0.25) is 14.5 Å². The summed E-state index contributed by atoms with van der Waals surface area (Å²) >= 11 is 1.62. The molecule has 132 valence electrons. The van der Waals surface area contributed by atoms with E-state index < -0.39 is 0 Å². The van der Waals surface area contributed by atoms with Gasteiger partial charge in [0.05, 0.1) is 18.8 Å². The molecule has 0 aromatic heterocycles. The molecule has 0 aliphatic heterocycles. The average molecular weight is 350 g/mol. The molecule has 0 atom stereocenters. The van der Waals surface area contributed by atoms with Crippen LogP contribution in [0.1, 0.15) is 13.8 Å². The minimum Gasteiger partial charge on any atom is -0.342 e. The maximum absolute atomic E-state index is 12.2. The van der Waals surface area contributed by atoms with Gasteiger partial charge in [-0.15, -0.1) is 18.3 Å². The van der Waals surface area contributed by atoms with E-state index in [-0.39, 0.29) is 24.9 Å². The monoisotopic (exact) mass is 349 g/mol. The Morgan fingerprint density at radius 3 is 2.50 bits per heavy atom. The highest BCUT2D eigenvalue weighted by Crippen LogP contribution is 2.26. The maximum Gasteiger partial charge on any atom is 0.238 e. The van der Waals surface area contributed by atoms with Crippen LogP contribution in [-0.4, -0.2) is 60.6 Å². The molecular formula is C18H27N3O2S. The third-order valence-electron chi connectivity index (χ3n) is 3.45. The van der Waals surface area contributed by atoms with E-state index in [0.29, 0.717) is 13.1 Å². The topological polar surface area (TPSA) is 52.7 Å². The van der Waals surface area contributed by atoms with Gasteiger partial charge in [-0.25, -0.2) is 0 Å². The largest absolute Gasteiger partial charge is 0.342 e. The summed E-state index contributed by atoms with van der Waals surface area (Å²) in [6, 6.07) is 7.68. The minimum absolute atomic E-state index is 0.0391. The van der Waals surface area contributed by atoms with E-state index in [1.165, 1.54) is 0 Å². The lowest BCUT2D eigenvalue weighted by molar-refractivity contribution is -0.132. The molecule has 0 saturated carbocycles. The SMILES string of the molecule is C=CCSc1ccccc1NC(=O)CN(C)CC(=O)N(CC)CC. The molecule has 0 radical (unpaired) electrons. The lowest BCUT2D eigenvalue weighted by Gasteiger charge is -2.22. The highest BCUT2D eigenvalue weighted by molar-refractivity contribution is 7.99. The van der Waals surface area contributed by atoms with Gasteiger partial charge in [0.15, 0.2) is 0 Å². The molecule has 1 aromatic carbocycles. The Morgan fingerprint density at radius 1 is 1.21 bits per heavy atom. The first-order valence-corrected chi connectivity index (χ1v) is 9.09. The normalized spacial score (nSPS) is 10.5. The number of amides is 2. The summed E-state index contributed by atoms with van der Waals surface area (Å²) < 4.78 is 0. The molecule has 2 amide bonds. The second-order valence-electron chi connectivity index (χ2n) is 5.38. The van der Waals surface area contributed by atoms with Crippen LogP contribution in [0.15, 0.2) is 41.8 Å². The Bertz CT molecular complexity index is 559. The molecule has 0 bridgehead atoms. The van der Waals surface area contributed by atoms with E-state index in [1.54, 1.807) is 28.6 Å². The Balaban J connectivity index is 2.57. The van der Waals surface area contributed by atoms with E-state index in [9.17, 15) is 9.59 Å². The van der Waals surface area contributed by atoms with Gasteiger partial charge in [0.2, 0.25) is 11.8 Å². The summed E-state index contributed by atoms with van der Waals surface area (Å²) in [5.74, 6) is 0.694. The van der Waals surface area contributed by atoms with Gasteiger partial charge < -0.3 is 10.2 Å². The van der Waals surface area contributed by atoms with Gasteiger partial charge in [-0.1, -0.05) is 18.2 Å². The number of rotatable bonds is 10. The second kappa shape index (κ2) is 10.9. The molecule has 1 rings (SSSR count). The molecule has 0 aliphatic carbocycles. The predicted molar refractivity (Wildman–Crippen MR) is 101 cm³/mol. The number of likely N-dealkylation sites (N-methyl/N-ethyl adjacent to an activating group) is 2. The fourth-order valence-corrected chi connectivity index (χ4v) is 2.99. The lowest BCUT2D eigenvalue weighted by Crippen LogP contribution is -2.41. The van der Waals surface area contributed by atoms with E-state index in [1.807, 2.05) is 44.2 Å². The van der Waals surface area contributed by atoms with Gasteiger partial charge in [0.1, 0.15) is 0 Å². The number of carbonyl (C=O) groups is 2. The molecule has 0 aliphatic rings. The Labute approximate surface area is 149 Å². The molecule has 0 spiro atoms. The van der Waals surface area contributed by atoms with Crippen LogP contribution in [0.3, 0.4) is 0 Å². The highest BCUT2D eigenvalue weighted by Gasteiger charge is 2.15. The standard InChI is InChI=1S/C18H27N3O2S/c1-5-12-24-16-11-9-8-10-15(16)19-17(22)13-20(4)14-18(23)21(6-2)7-3/h5,8-11H,1,6-7,12-14H2,2-4H3,(H,19,22). The molecule has 0 unspecified atom stereocenters. The van der Waals surface area contributed by atoms with Crippen LogP contribution in [-0.2, 0) is 9.59 Å². The Morgan fingerprint density at radius 2 is 1.88 bits per heavy atom. The minimum atomic E-state index is -0.128. The zero-order valence-corrected chi connectivity index (χ0v) is 15.6. The summed E-state index contributed by atoms with van der Waals surface area (Å²) in [6.07, 6.45) is 1.83. The molecule has 1 aromatic rings. The van der Waals surface area contributed by atoms with Crippen LogP contribution in [0.2, 0.25) is 0 Å². The number of hydrogen-bond acceptors (Lipinski definition) is 4. The van der Waals surface area contributed by atoms with Crippen LogP contribution >= 0.6 is 11.8 Å². The quantitative estimate of drug-likeness (QED) is 0.521. The van der Waals surface area contributed by atoms with Crippen molar-refractivity contribution in [3.8, 4) is 0 Å². The summed E-state index contributed by atoms with van der Waals surface area (Å²) in [5, 5.41) is 2.92. The molecule has 0 heterocycles. The van der Waals surface area contributed by atoms with Crippen molar-refractivity contribution < 1.29 is 9.59 Å². The number of nitrogens with one attached hydrogen (secondary N) is 1. The summed E-state index contributed by atoms with van der Waals surface area (Å²) in [6.45, 7) is 9.39. The van der Waals surface area contributed by atoms with Crippen molar-refractivity contribution in [1.82, 2.24) is 9.80 Å². The van der Waals surface area contributed by atoms with Gasteiger partial charge in [0, 0.05) is 23.7 Å². The fraction of sp³-hybridized carbons (Fsp3) is 0.444. The molecule has 0 saturated heterocycles. The number of nitrogens with zero attached hydrogens (tertiary/aromatic N) is 2. The maximum atomic E-state index is 12.2. The summed E-state index contributed by atoms with van der Waals surface area (Å²) in [4.78, 5) is 28.8. The van der Waals surface area contributed by atoms with Crippen molar-refractivity contribution in [3.05, 3.63) is 36.9 Å². The number of hydrogen-bond donors (Lipinski definition) is 1. The van der Waals surface area contributed by atoms with Gasteiger partial charge in [-0.2, -0.15) is 0 Å². The number of anilines is 1. The zero-order valence-electron chi connectivity index (χ0n) is 14.7. The number of para-hydroxylation sites is 1. The third kappa shape index (κ3) is 6.76. The van der Waals surface area contributed by atoms with Crippen LogP contribution in [0.25, 0.3) is 0 Å². The van der Waals surface area contributed by atoms with Gasteiger partial charge in [-0.05, 0) is 33.0 Å². The van der Waals surface area contributed by atoms with Crippen LogP contribution in [0.4, 0.5) is 5.69 Å². The predicted octanol–water partition coefficient (Wildman–Crippen LogP) is 2.70. The van der Waals surface area contributed by atoms with E-state index in [4.69, 9.17) is 0 Å². The first-order valence-electron chi connectivity index (χ1n) is 8.10. The Hall–Kier alpha value is -1.79. The number of carbonyl (C=O) groups excluding carboxylic acids is 2. The zero-order chi connectivity index (χ0) is 17.9. The smallest absolute Gasteiger partial charge is 0.238 e. The first-order chi connectivity index (χ1) is 11.5. The molecule has 24 heavy (non-hydrogen) atoms. The van der Waals surface area contributed by atoms with Crippen LogP contribution in [0, 0.1) is 0 Å². The van der Waals surface area contributed by atoms with E-state index in [2.05, 4.69) is 11.9 Å². The Kier molecular flexibility index (Phi) is 9.19. The van der Waals surface area contributed by atoms with Gasteiger partial charge >= 0.3 is 0 Å². The number of thioether (sulfide) groups is 1. The molecule has 6 heteroatoms. The van der Waals surface area contributed by atoms with Crippen molar-refractivity contribution >= 4 is 29.3 Å². The van der Waals surface area contributed by atoms with Gasteiger partial charge in [0.25, 0.3) is 0 Å². The summed E-state index contributed by atoms with van der Waals surface area (Å²) in [5.41, 5.74) is 0.790. The third-order valence-corrected chi connectivity index (χ3v) is 4.52. The molecule has 0 fully saturated rings. The van der Waals surface area contributed by atoms with E-state index >= 15 is 0 Å². The number of benzene rings is 1. The molecule has 5 nitrogen and oxygen atoms in total. The highest BCUT2D eigenvalue weighted by atomic mass is 32.2. The van der Waals surface area contributed by atoms with Crippen molar-refractivity contribution in [1.29, 1.82) is 0 Å². The van der Waals surface area contributed by atoms with Crippen LogP contribution < -0.4 is 5.32 Å². The molecule has 1 N–H and O–H groups in total. The fourth-order valence-electron chi connectivity index (χ4n) is 2.24. The lowest BCUT2D eigenvalue weighted by atomic mass is 10.3. The second-order valence-corrected chi connectivity index (χ2v) is 6.44. The van der Waals surface area contributed by atoms with Crippen molar-refractivity contribution in [3.63, 3.8) is 0 Å².